The normalized spacial score (nSPS) is 24.1. The zero-order valence-corrected chi connectivity index (χ0v) is 13.2. The minimum absolute atomic E-state index is 0.607. The van der Waals surface area contributed by atoms with E-state index in [9.17, 15) is 0 Å². The van der Waals surface area contributed by atoms with E-state index in [0.29, 0.717) is 17.8 Å². The summed E-state index contributed by atoms with van der Waals surface area (Å²) in [7, 11) is 0. The Labute approximate surface area is 119 Å². The van der Waals surface area contributed by atoms with Crippen molar-refractivity contribution in [2.45, 2.75) is 53.9 Å². The van der Waals surface area contributed by atoms with Gasteiger partial charge in [-0.15, -0.1) is 0 Å². The molecule has 19 heavy (non-hydrogen) atoms. The average Bonchev–Trinajstić information content (AvgIpc) is 2.39. The molecule has 2 rings (SSSR count). The molecule has 0 spiro atoms. The van der Waals surface area contributed by atoms with Gasteiger partial charge in [0.15, 0.2) is 0 Å². The van der Waals surface area contributed by atoms with Gasteiger partial charge in [-0.05, 0) is 54.7 Å². The summed E-state index contributed by atoms with van der Waals surface area (Å²) < 4.78 is 0. The summed E-state index contributed by atoms with van der Waals surface area (Å²) in [5.41, 5.74) is 6.33. The molecule has 0 fully saturated rings. The molecule has 104 valence electrons. The van der Waals surface area contributed by atoms with Crippen molar-refractivity contribution in [1.29, 1.82) is 0 Å². The highest BCUT2D eigenvalue weighted by molar-refractivity contribution is 5.44. The van der Waals surface area contributed by atoms with Gasteiger partial charge in [0, 0.05) is 5.92 Å². The van der Waals surface area contributed by atoms with Crippen LogP contribution < -0.4 is 0 Å². The van der Waals surface area contributed by atoms with Crippen LogP contribution >= 0.6 is 0 Å². The second-order valence-corrected chi connectivity index (χ2v) is 6.58. The fourth-order valence-electron chi connectivity index (χ4n) is 3.39. The SMILES string of the molecule is CC1=C(C(C)C)CC(C2=CCCC=C2)C=C1C(C)C. The molecule has 0 heterocycles. The topological polar surface area (TPSA) is 0 Å². The molecule has 0 radical (unpaired) electrons. The van der Waals surface area contributed by atoms with Gasteiger partial charge >= 0.3 is 0 Å². The van der Waals surface area contributed by atoms with Crippen molar-refractivity contribution in [3.05, 3.63) is 46.6 Å². The standard InChI is InChI=1S/C19H28/c1-13(2)18-11-17(16-9-7-6-8-10-16)12-19(14(3)4)15(18)5/h7,9-11,13-14,17H,6,8,12H2,1-5H3. The van der Waals surface area contributed by atoms with E-state index in [2.05, 4.69) is 58.9 Å². The lowest BCUT2D eigenvalue weighted by Gasteiger charge is -2.31. The molecule has 0 nitrogen and oxygen atoms in total. The van der Waals surface area contributed by atoms with Crippen molar-refractivity contribution < 1.29 is 0 Å². The van der Waals surface area contributed by atoms with Crippen molar-refractivity contribution in [2.24, 2.45) is 17.8 Å². The number of hydrogen-bond acceptors (Lipinski definition) is 0. The first kappa shape index (κ1) is 14.4. The molecule has 0 bridgehead atoms. The highest BCUT2D eigenvalue weighted by Crippen LogP contribution is 2.39. The third-order valence-electron chi connectivity index (χ3n) is 4.51. The first-order valence-electron chi connectivity index (χ1n) is 7.79. The Morgan fingerprint density at radius 3 is 2.32 bits per heavy atom. The molecular formula is C19H28. The fourth-order valence-corrected chi connectivity index (χ4v) is 3.39. The Morgan fingerprint density at radius 2 is 1.79 bits per heavy atom. The minimum atomic E-state index is 0.607. The minimum Gasteiger partial charge on any atom is -0.0839 e. The second-order valence-electron chi connectivity index (χ2n) is 6.58. The highest BCUT2D eigenvalue weighted by atomic mass is 14.3. The molecule has 0 saturated heterocycles. The van der Waals surface area contributed by atoms with E-state index in [4.69, 9.17) is 0 Å². The van der Waals surface area contributed by atoms with E-state index in [1.807, 2.05) is 0 Å². The van der Waals surface area contributed by atoms with E-state index in [0.717, 1.165) is 0 Å². The number of allylic oxidation sites excluding steroid dienone is 8. The van der Waals surface area contributed by atoms with Crippen molar-refractivity contribution >= 4 is 0 Å². The summed E-state index contributed by atoms with van der Waals surface area (Å²) in [4.78, 5) is 0. The molecule has 0 amide bonds. The summed E-state index contributed by atoms with van der Waals surface area (Å²) in [6.45, 7) is 11.6. The third kappa shape index (κ3) is 3.11. The lowest BCUT2D eigenvalue weighted by atomic mass is 9.74. The molecule has 0 aromatic rings. The van der Waals surface area contributed by atoms with Gasteiger partial charge < -0.3 is 0 Å². The predicted molar refractivity (Wildman–Crippen MR) is 85.0 cm³/mol. The molecule has 0 aromatic heterocycles. The van der Waals surface area contributed by atoms with Crippen LogP contribution in [-0.2, 0) is 0 Å². The Kier molecular flexibility index (Phi) is 4.50. The number of rotatable bonds is 3. The summed E-state index contributed by atoms with van der Waals surface area (Å²) in [6, 6.07) is 0. The molecule has 2 aliphatic rings. The van der Waals surface area contributed by atoms with Crippen LogP contribution in [0.1, 0.15) is 53.9 Å². The smallest absolute Gasteiger partial charge is 0.00582 e. The summed E-state index contributed by atoms with van der Waals surface area (Å²) in [6.07, 6.45) is 13.3. The van der Waals surface area contributed by atoms with Gasteiger partial charge in [-0.25, -0.2) is 0 Å². The molecule has 0 saturated carbocycles. The van der Waals surface area contributed by atoms with Crippen LogP contribution in [0.15, 0.2) is 46.6 Å². The van der Waals surface area contributed by atoms with Crippen LogP contribution in [0.3, 0.4) is 0 Å². The molecule has 1 unspecified atom stereocenters. The van der Waals surface area contributed by atoms with E-state index < -0.39 is 0 Å². The predicted octanol–water partition coefficient (Wildman–Crippen LogP) is 5.84. The molecule has 2 aliphatic carbocycles. The van der Waals surface area contributed by atoms with Crippen LogP contribution in [0.25, 0.3) is 0 Å². The average molecular weight is 256 g/mol. The first-order chi connectivity index (χ1) is 9.00. The number of hydrogen-bond donors (Lipinski definition) is 0. The highest BCUT2D eigenvalue weighted by Gasteiger charge is 2.24. The Bertz CT molecular complexity index is 452. The van der Waals surface area contributed by atoms with Crippen molar-refractivity contribution in [3.63, 3.8) is 0 Å². The Balaban J connectivity index is 2.35. The van der Waals surface area contributed by atoms with Crippen molar-refractivity contribution in [3.8, 4) is 0 Å². The fraction of sp³-hybridized carbons (Fsp3) is 0.579. The summed E-state index contributed by atoms with van der Waals surface area (Å²) in [5.74, 6) is 1.90. The lowest BCUT2D eigenvalue weighted by Crippen LogP contribution is -2.16. The van der Waals surface area contributed by atoms with E-state index in [1.165, 1.54) is 24.8 Å². The first-order valence-corrected chi connectivity index (χ1v) is 7.79. The van der Waals surface area contributed by atoms with Crippen LogP contribution in [0, 0.1) is 17.8 Å². The zero-order chi connectivity index (χ0) is 14.0. The molecule has 1 atom stereocenters. The zero-order valence-electron chi connectivity index (χ0n) is 13.2. The van der Waals surface area contributed by atoms with Crippen LogP contribution in [-0.4, -0.2) is 0 Å². The molecule has 0 heteroatoms. The van der Waals surface area contributed by atoms with Gasteiger partial charge in [0.2, 0.25) is 0 Å². The second kappa shape index (κ2) is 5.94. The van der Waals surface area contributed by atoms with Crippen LogP contribution in [0.4, 0.5) is 0 Å². The van der Waals surface area contributed by atoms with E-state index in [1.54, 1.807) is 16.7 Å². The third-order valence-corrected chi connectivity index (χ3v) is 4.51. The van der Waals surface area contributed by atoms with Gasteiger partial charge in [-0.1, -0.05) is 57.6 Å². The largest absolute Gasteiger partial charge is 0.0839 e. The monoisotopic (exact) mass is 256 g/mol. The molecule has 0 N–H and O–H groups in total. The maximum Gasteiger partial charge on any atom is 0.00582 e. The maximum atomic E-state index is 2.54. The Hall–Kier alpha value is -1.04. The van der Waals surface area contributed by atoms with Crippen LogP contribution in [0.5, 0.6) is 0 Å². The van der Waals surface area contributed by atoms with Crippen molar-refractivity contribution in [2.75, 3.05) is 0 Å². The summed E-state index contributed by atoms with van der Waals surface area (Å²) in [5, 5.41) is 0. The van der Waals surface area contributed by atoms with E-state index in [-0.39, 0.29) is 0 Å². The van der Waals surface area contributed by atoms with Crippen LogP contribution in [0.2, 0.25) is 0 Å². The maximum absolute atomic E-state index is 2.54. The quantitative estimate of drug-likeness (QED) is 0.595. The summed E-state index contributed by atoms with van der Waals surface area (Å²) >= 11 is 0. The van der Waals surface area contributed by atoms with E-state index >= 15 is 0 Å². The molecule has 0 aliphatic heterocycles. The van der Waals surface area contributed by atoms with Gasteiger partial charge in [-0.3, -0.25) is 0 Å². The van der Waals surface area contributed by atoms with Crippen molar-refractivity contribution in [1.82, 2.24) is 0 Å². The van der Waals surface area contributed by atoms with Gasteiger partial charge in [0.05, 0.1) is 0 Å². The molecular weight excluding hydrogens is 228 g/mol. The van der Waals surface area contributed by atoms with Gasteiger partial charge in [0.25, 0.3) is 0 Å². The lowest BCUT2D eigenvalue weighted by molar-refractivity contribution is 0.608. The van der Waals surface area contributed by atoms with Gasteiger partial charge in [-0.2, -0.15) is 0 Å². The molecule has 0 aromatic carbocycles. The Morgan fingerprint density at radius 1 is 1.05 bits per heavy atom. The van der Waals surface area contributed by atoms with Gasteiger partial charge in [0.1, 0.15) is 0 Å².